The number of nitrogens with two attached hydrogens (primary N) is 1. The van der Waals surface area contributed by atoms with Crippen molar-refractivity contribution in [1.82, 2.24) is 14.9 Å². The van der Waals surface area contributed by atoms with Crippen LogP contribution in [0.15, 0.2) is 35.5 Å². The minimum absolute atomic E-state index is 0.200. The lowest BCUT2D eigenvalue weighted by atomic mass is 10.1. The third-order valence-corrected chi connectivity index (χ3v) is 4.34. The first-order valence-corrected chi connectivity index (χ1v) is 7.28. The van der Waals surface area contributed by atoms with E-state index in [0.717, 1.165) is 11.1 Å². The first kappa shape index (κ1) is 13.7. The minimum Gasteiger partial charge on any atom is -0.326 e. The number of hydrogen-bond donors (Lipinski definition) is 3. The van der Waals surface area contributed by atoms with E-state index in [0.29, 0.717) is 12.1 Å². The van der Waals surface area contributed by atoms with Crippen LogP contribution < -0.4 is 10.5 Å². The van der Waals surface area contributed by atoms with E-state index in [2.05, 4.69) is 14.9 Å². The van der Waals surface area contributed by atoms with Crippen molar-refractivity contribution in [1.29, 1.82) is 0 Å². The molecule has 0 radical (unpaired) electrons. The van der Waals surface area contributed by atoms with Gasteiger partial charge in [0.1, 0.15) is 0 Å². The second-order valence-corrected chi connectivity index (χ2v) is 5.97. The molecule has 2 rings (SSSR count). The number of aromatic amines is 1. The molecule has 2 aromatic rings. The van der Waals surface area contributed by atoms with Gasteiger partial charge in [-0.3, -0.25) is 5.10 Å². The highest BCUT2D eigenvalue weighted by molar-refractivity contribution is 7.89. The average Bonchev–Trinajstić information content (AvgIpc) is 2.90. The topological polar surface area (TPSA) is 101 Å². The van der Waals surface area contributed by atoms with E-state index >= 15 is 0 Å². The van der Waals surface area contributed by atoms with Gasteiger partial charge in [-0.2, -0.15) is 5.10 Å². The number of nitrogens with zero attached hydrogens (tertiary/aromatic N) is 1. The Kier molecular flexibility index (Phi) is 3.98. The smallest absolute Gasteiger partial charge is 0.241 e. The molecule has 6 nitrogen and oxygen atoms in total. The highest BCUT2D eigenvalue weighted by Gasteiger charge is 2.17. The third kappa shape index (κ3) is 3.19. The molecule has 102 valence electrons. The second-order valence-electron chi connectivity index (χ2n) is 4.24. The molecule has 0 aliphatic heterocycles. The number of rotatable bonds is 5. The Hall–Kier alpha value is -1.70. The summed E-state index contributed by atoms with van der Waals surface area (Å²) in [5.41, 5.74) is 7.79. The molecule has 19 heavy (non-hydrogen) atoms. The van der Waals surface area contributed by atoms with Gasteiger partial charge < -0.3 is 5.73 Å². The van der Waals surface area contributed by atoms with E-state index in [1.54, 1.807) is 31.5 Å². The van der Waals surface area contributed by atoms with Crippen LogP contribution in [0.1, 0.15) is 16.7 Å². The summed E-state index contributed by atoms with van der Waals surface area (Å²) in [6.45, 7) is 2.27. The normalized spacial score (nSPS) is 11.7. The minimum atomic E-state index is -3.55. The molecular weight excluding hydrogens is 264 g/mol. The van der Waals surface area contributed by atoms with Gasteiger partial charge in [-0.1, -0.05) is 12.1 Å². The van der Waals surface area contributed by atoms with Crippen LogP contribution in [0.3, 0.4) is 0 Å². The van der Waals surface area contributed by atoms with Gasteiger partial charge in [0.25, 0.3) is 0 Å². The maximum absolute atomic E-state index is 12.2. The summed E-state index contributed by atoms with van der Waals surface area (Å²) in [4.78, 5) is 0.263. The molecule has 7 heteroatoms. The van der Waals surface area contributed by atoms with Gasteiger partial charge in [0.05, 0.1) is 11.1 Å². The first-order chi connectivity index (χ1) is 9.03. The number of aromatic nitrogens is 2. The Balaban J connectivity index is 2.23. The quantitative estimate of drug-likeness (QED) is 0.748. The molecule has 0 aliphatic rings. The third-order valence-electron chi connectivity index (χ3n) is 2.80. The van der Waals surface area contributed by atoms with E-state index < -0.39 is 10.0 Å². The standard InChI is InChI=1S/C12H16N4O2S/c1-9-2-3-10(5-13)4-12(9)19(17,18)16-8-11-6-14-15-7-11/h2-4,6-7,16H,5,8,13H2,1H3,(H,14,15). The van der Waals surface area contributed by atoms with Crippen LogP contribution in [-0.2, 0) is 23.1 Å². The molecular formula is C12H16N4O2S. The van der Waals surface area contributed by atoms with Crippen molar-refractivity contribution < 1.29 is 8.42 Å². The molecule has 4 N–H and O–H groups in total. The van der Waals surface area contributed by atoms with E-state index in [-0.39, 0.29) is 11.4 Å². The molecule has 0 aliphatic carbocycles. The number of nitrogens with one attached hydrogen (secondary N) is 2. The molecule has 1 heterocycles. The average molecular weight is 280 g/mol. The van der Waals surface area contributed by atoms with Crippen molar-refractivity contribution >= 4 is 10.0 Å². The number of hydrogen-bond acceptors (Lipinski definition) is 4. The Morgan fingerprint density at radius 2 is 2.16 bits per heavy atom. The highest BCUT2D eigenvalue weighted by atomic mass is 32.2. The van der Waals surface area contributed by atoms with Crippen molar-refractivity contribution in [2.24, 2.45) is 5.73 Å². The van der Waals surface area contributed by atoms with Crippen LogP contribution in [0.2, 0.25) is 0 Å². The number of aryl methyl sites for hydroxylation is 1. The summed E-state index contributed by atoms with van der Waals surface area (Å²) >= 11 is 0. The summed E-state index contributed by atoms with van der Waals surface area (Å²) in [6.07, 6.45) is 3.22. The lowest BCUT2D eigenvalue weighted by Crippen LogP contribution is -2.24. The van der Waals surface area contributed by atoms with Crippen LogP contribution in [0.5, 0.6) is 0 Å². The van der Waals surface area contributed by atoms with Crippen LogP contribution in [0.4, 0.5) is 0 Å². The number of benzene rings is 1. The van der Waals surface area contributed by atoms with Gasteiger partial charge in [0.2, 0.25) is 10.0 Å². The predicted octanol–water partition coefficient (Wildman–Crippen LogP) is 0.655. The molecule has 0 saturated heterocycles. The summed E-state index contributed by atoms with van der Waals surface area (Å²) in [6, 6.07) is 5.19. The zero-order chi connectivity index (χ0) is 13.9. The molecule has 1 aromatic heterocycles. The summed E-state index contributed by atoms with van der Waals surface area (Å²) in [5, 5.41) is 6.40. The van der Waals surface area contributed by atoms with E-state index in [1.807, 2.05) is 6.07 Å². The molecule has 0 amide bonds. The zero-order valence-electron chi connectivity index (χ0n) is 10.6. The number of H-pyrrole nitrogens is 1. The zero-order valence-corrected chi connectivity index (χ0v) is 11.4. The Morgan fingerprint density at radius 3 is 2.79 bits per heavy atom. The van der Waals surface area contributed by atoms with Crippen molar-refractivity contribution in [2.75, 3.05) is 0 Å². The molecule has 0 bridgehead atoms. The van der Waals surface area contributed by atoms with Gasteiger partial charge in [-0.25, -0.2) is 13.1 Å². The Labute approximate surface area is 112 Å². The molecule has 0 unspecified atom stereocenters. The fourth-order valence-electron chi connectivity index (χ4n) is 1.69. The van der Waals surface area contributed by atoms with Crippen LogP contribution >= 0.6 is 0 Å². The summed E-state index contributed by atoms with van der Waals surface area (Å²) < 4.78 is 27.0. The summed E-state index contributed by atoms with van der Waals surface area (Å²) in [5.74, 6) is 0. The van der Waals surface area contributed by atoms with Crippen LogP contribution in [0, 0.1) is 6.92 Å². The van der Waals surface area contributed by atoms with Gasteiger partial charge in [-0.15, -0.1) is 0 Å². The first-order valence-electron chi connectivity index (χ1n) is 5.80. The van der Waals surface area contributed by atoms with Crippen molar-refractivity contribution in [3.8, 4) is 0 Å². The monoisotopic (exact) mass is 280 g/mol. The lowest BCUT2D eigenvalue weighted by Gasteiger charge is -2.10. The molecule has 0 spiro atoms. The molecule has 0 atom stereocenters. The fourth-order valence-corrected chi connectivity index (χ4v) is 3.00. The van der Waals surface area contributed by atoms with Gasteiger partial charge in [-0.05, 0) is 24.1 Å². The van der Waals surface area contributed by atoms with Crippen LogP contribution in [0.25, 0.3) is 0 Å². The van der Waals surface area contributed by atoms with Crippen molar-refractivity contribution in [3.05, 3.63) is 47.3 Å². The lowest BCUT2D eigenvalue weighted by molar-refractivity contribution is 0.580. The van der Waals surface area contributed by atoms with Gasteiger partial charge in [0.15, 0.2) is 0 Å². The predicted molar refractivity (Wildman–Crippen MR) is 71.7 cm³/mol. The Bertz CT molecular complexity index is 650. The van der Waals surface area contributed by atoms with E-state index in [9.17, 15) is 8.42 Å². The van der Waals surface area contributed by atoms with Crippen LogP contribution in [-0.4, -0.2) is 18.6 Å². The molecule has 1 aromatic carbocycles. The second kappa shape index (κ2) is 5.52. The van der Waals surface area contributed by atoms with Gasteiger partial charge in [0, 0.05) is 24.8 Å². The van der Waals surface area contributed by atoms with Crippen molar-refractivity contribution in [3.63, 3.8) is 0 Å². The Morgan fingerprint density at radius 1 is 1.37 bits per heavy atom. The maximum Gasteiger partial charge on any atom is 0.241 e. The fraction of sp³-hybridized carbons (Fsp3) is 0.250. The molecule has 0 fully saturated rings. The SMILES string of the molecule is Cc1ccc(CN)cc1S(=O)(=O)NCc1cn[nH]c1. The van der Waals surface area contributed by atoms with E-state index in [4.69, 9.17) is 5.73 Å². The van der Waals surface area contributed by atoms with E-state index in [1.165, 1.54) is 0 Å². The van der Waals surface area contributed by atoms with Gasteiger partial charge >= 0.3 is 0 Å². The maximum atomic E-state index is 12.2. The highest BCUT2D eigenvalue weighted by Crippen LogP contribution is 2.17. The van der Waals surface area contributed by atoms with Crippen molar-refractivity contribution in [2.45, 2.75) is 24.9 Å². The largest absolute Gasteiger partial charge is 0.326 e. The molecule has 0 saturated carbocycles. The summed E-state index contributed by atoms with van der Waals surface area (Å²) in [7, 11) is -3.55. The number of sulfonamides is 1.